The van der Waals surface area contributed by atoms with Crippen LogP contribution in [0.5, 0.6) is 0 Å². The van der Waals surface area contributed by atoms with Gasteiger partial charge in [-0.25, -0.2) is 0 Å². The summed E-state index contributed by atoms with van der Waals surface area (Å²) in [5.41, 5.74) is 5.69. The van der Waals surface area contributed by atoms with Crippen LogP contribution in [0.2, 0.25) is 6.32 Å². The lowest BCUT2D eigenvalue weighted by atomic mass is 9.74. The van der Waals surface area contributed by atoms with Crippen LogP contribution in [-0.4, -0.2) is 13.9 Å². The third-order valence-electron chi connectivity index (χ3n) is 4.68. The quantitative estimate of drug-likeness (QED) is 0.744. The van der Waals surface area contributed by atoms with Gasteiger partial charge in [-0.05, 0) is 35.1 Å². The van der Waals surface area contributed by atoms with Gasteiger partial charge in [0.1, 0.15) is 0 Å². The number of rotatable bonds is 1. The van der Waals surface area contributed by atoms with Crippen molar-refractivity contribution in [1.29, 1.82) is 0 Å². The molecule has 0 spiro atoms. The van der Waals surface area contributed by atoms with Gasteiger partial charge in [0.15, 0.2) is 0 Å². The van der Waals surface area contributed by atoms with Gasteiger partial charge in [-0.3, -0.25) is 0 Å². The first kappa shape index (κ1) is 15.2. The van der Waals surface area contributed by atoms with Crippen LogP contribution in [0.3, 0.4) is 0 Å². The van der Waals surface area contributed by atoms with Crippen LogP contribution in [0.25, 0.3) is 0 Å². The maximum absolute atomic E-state index is 5.99. The van der Waals surface area contributed by atoms with Gasteiger partial charge in [-0.15, -0.1) is 0 Å². The van der Waals surface area contributed by atoms with Crippen molar-refractivity contribution < 1.29 is 0 Å². The maximum Gasteiger partial charge on any atom is 0.0680 e. The molecule has 0 fully saturated rings. The Hall–Kier alpha value is -1.70. The fourth-order valence-electron chi connectivity index (χ4n) is 3.84. The Morgan fingerprint density at radius 2 is 1.64 bits per heavy atom. The van der Waals surface area contributed by atoms with E-state index in [1.807, 2.05) is 0 Å². The molecule has 1 N–H and O–H groups in total. The van der Waals surface area contributed by atoms with E-state index in [1.54, 1.807) is 0 Å². The van der Waals surface area contributed by atoms with E-state index in [0.29, 0.717) is 24.2 Å². The van der Waals surface area contributed by atoms with E-state index in [9.17, 15) is 0 Å². The monoisotopic (exact) mass is 289 g/mol. The van der Waals surface area contributed by atoms with E-state index in [2.05, 4.69) is 67.7 Å². The Balaban J connectivity index is 0.000000446. The van der Waals surface area contributed by atoms with Crippen molar-refractivity contribution in [2.24, 2.45) is 5.92 Å². The molecule has 2 heteroatoms. The molecule has 0 saturated heterocycles. The molecule has 22 heavy (non-hydrogen) atoms. The molecule has 1 aliphatic carbocycles. The van der Waals surface area contributed by atoms with Crippen LogP contribution in [-0.2, 0) is 6.42 Å². The fourth-order valence-corrected chi connectivity index (χ4v) is 3.84. The molecular weight excluding hydrogens is 265 g/mol. The Labute approximate surface area is 135 Å². The largest absolute Gasteiger partial charge is 0.382 e. The second-order valence-corrected chi connectivity index (χ2v) is 6.33. The molecular formula is C20H24BN. The van der Waals surface area contributed by atoms with Gasteiger partial charge in [0.2, 0.25) is 0 Å². The maximum atomic E-state index is 5.99. The molecule has 1 nitrogen and oxygen atoms in total. The van der Waals surface area contributed by atoms with Crippen molar-refractivity contribution in [2.75, 3.05) is 5.32 Å². The summed E-state index contributed by atoms with van der Waals surface area (Å²) >= 11 is 0. The zero-order chi connectivity index (χ0) is 15.5. The summed E-state index contributed by atoms with van der Waals surface area (Å²) in [4.78, 5) is 0. The van der Waals surface area contributed by atoms with E-state index < -0.39 is 0 Å². The summed E-state index contributed by atoms with van der Waals surface area (Å²) < 4.78 is 0. The van der Waals surface area contributed by atoms with Crippen LogP contribution in [0.15, 0.2) is 48.5 Å². The van der Waals surface area contributed by atoms with Gasteiger partial charge in [-0.1, -0.05) is 69.1 Å². The summed E-state index contributed by atoms with van der Waals surface area (Å²) in [6.07, 6.45) is 3.09. The Morgan fingerprint density at radius 3 is 2.36 bits per heavy atom. The minimum Gasteiger partial charge on any atom is -0.382 e. The summed E-state index contributed by atoms with van der Waals surface area (Å²) in [5, 5.41) is 3.63. The number of fused-ring (bicyclic) bond motifs is 5. The van der Waals surface area contributed by atoms with Crippen molar-refractivity contribution in [3.05, 3.63) is 65.2 Å². The summed E-state index contributed by atoms with van der Waals surface area (Å²) in [7, 11) is 5.99. The van der Waals surface area contributed by atoms with E-state index >= 15 is 0 Å². The SMILES string of the molecule is CCC.[B]CC1Nc2ccccc2C2c3ccccc3CC12. The van der Waals surface area contributed by atoms with Crippen LogP contribution < -0.4 is 5.32 Å². The predicted octanol–water partition coefficient (Wildman–Crippen LogP) is 4.79. The van der Waals surface area contributed by atoms with Gasteiger partial charge in [0.25, 0.3) is 0 Å². The molecule has 2 aromatic carbocycles. The van der Waals surface area contributed by atoms with Gasteiger partial charge in [0.05, 0.1) is 7.85 Å². The highest BCUT2D eigenvalue weighted by atomic mass is 14.9. The van der Waals surface area contributed by atoms with Crippen LogP contribution in [0, 0.1) is 5.92 Å². The number of nitrogens with one attached hydrogen (secondary N) is 1. The lowest BCUT2D eigenvalue weighted by Crippen LogP contribution is -2.36. The third kappa shape index (κ3) is 2.56. The highest BCUT2D eigenvalue weighted by Crippen LogP contribution is 2.49. The van der Waals surface area contributed by atoms with E-state index in [1.165, 1.54) is 28.8 Å². The van der Waals surface area contributed by atoms with Crippen molar-refractivity contribution in [2.45, 2.75) is 45.0 Å². The minimum absolute atomic E-state index is 0.382. The number of anilines is 1. The molecule has 0 bridgehead atoms. The normalized spacial score (nSPS) is 24.2. The molecule has 2 aromatic rings. The number of para-hydroxylation sites is 1. The van der Waals surface area contributed by atoms with Crippen molar-refractivity contribution in [3.63, 3.8) is 0 Å². The van der Waals surface area contributed by atoms with Gasteiger partial charge < -0.3 is 5.32 Å². The van der Waals surface area contributed by atoms with Crippen molar-refractivity contribution in [3.8, 4) is 0 Å². The molecule has 1 heterocycles. The Morgan fingerprint density at radius 1 is 1.00 bits per heavy atom. The zero-order valence-corrected chi connectivity index (χ0v) is 13.5. The van der Waals surface area contributed by atoms with Gasteiger partial charge in [0, 0.05) is 17.6 Å². The number of hydrogen-bond acceptors (Lipinski definition) is 1. The zero-order valence-electron chi connectivity index (χ0n) is 13.5. The van der Waals surface area contributed by atoms with Crippen molar-refractivity contribution >= 4 is 13.5 Å². The second kappa shape index (κ2) is 6.60. The Bertz CT molecular complexity index is 637. The molecule has 2 radical (unpaired) electrons. The third-order valence-corrected chi connectivity index (χ3v) is 4.68. The van der Waals surface area contributed by atoms with Gasteiger partial charge in [-0.2, -0.15) is 0 Å². The average molecular weight is 289 g/mol. The average Bonchev–Trinajstić information content (AvgIpc) is 2.94. The second-order valence-electron chi connectivity index (χ2n) is 6.33. The Kier molecular flexibility index (Phi) is 4.56. The lowest BCUT2D eigenvalue weighted by molar-refractivity contribution is 0.432. The molecule has 0 amide bonds. The minimum atomic E-state index is 0.382. The molecule has 1 aliphatic heterocycles. The van der Waals surface area contributed by atoms with Crippen molar-refractivity contribution in [1.82, 2.24) is 0 Å². The van der Waals surface area contributed by atoms with E-state index in [0.717, 1.165) is 6.42 Å². The smallest absolute Gasteiger partial charge is 0.0680 e. The molecule has 0 saturated carbocycles. The standard InChI is InChI=1S/C17H16BN.C3H8/c18-10-16-14-9-11-5-1-2-6-12(11)17(14)13-7-3-4-8-15(13)19-16;1-3-2/h1-8,14,16-17,19H,9-10H2;3H2,1-2H3. The first-order chi connectivity index (χ1) is 10.8. The molecule has 4 rings (SSSR count). The van der Waals surface area contributed by atoms with Crippen LogP contribution in [0.4, 0.5) is 5.69 Å². The molecule has 0 aromatic heterocycles. The molecule has 3 atom stereocenters. The topological polar surface area (TPSA) is 12.0 Å². The fraction of sp³-hybridized carbons (Fsp3) is 0.400. The first-order valence-corrected chi connectivity index (χ1v) is 8.43. The highest BCUT2D eigenvalue weighted by molar-refractivity contribution is 6.09. The number of benzene rings is 2. The molecule has 112 valence electrons. The van der Waals surface area contributed by atoms with Gasteiger partial charge >= 0.3 is 0 Å². The number of hydrogen-bond donors (Lipinski definition) is 1. The van der Waals surface area contributed by atoms with Crippen LogP contribution >= 0.6 is 0 Å². The lowest BCUT2D eigenvalue weighted by Gasteiger charge is -2.37. The molecule has 3 unspecified atom stereocenters. The summed E-state index contributed by atoms with van der Waals surface area (Å²) in [6.45, 7) is 4.25. The molecule has 2 aliphatic rings. The summed E-state index contributed by atoms with van der Waals surface area (Å²) in [6, 6.07) is 17.9. The summed E-state index contributed by atoms with van der Waals surface area (Å²) in [5.74, 6) is 1.11. The van der Waals surface area contributed by atoms with E-state index in [4.69, 9.17) is 7.85 Å². The predicted molar refractivity (Wildman–Crippen MR) is 95.9 cm³/mol. The van der Waals surface area contributed by atoms with E-state index in [-0.39, 0.29) is 0 Å². The van der Waals surface area contributed by atoms with Crippen LogP contribution in [0.1, 0.15) is 42.9 Å². The highest BCUT2D eigenvalue weighted by Gasteiger charge is 2.41. The first-order valence-electron chi connectivity index (χ1n) is 8.43.